The molecule has 10 heteroatoms. The SMILES string of the molecule is O=C1CCN(Cc2cn(CC3(C(F)(F)F)CCCCC3)nn2)C(=O)N1. The fraction of sp³-hybridized carbons (Fsp3) is 0.733. The largest absolute Gasteiger partial charge is 0.396 e. The average molecular weight is 359 g/mol. The number of nitrogens with zero attached hydrogens (tertiary/aromatic N) is 4. The second-order valence-electron chi connectivity index (χ2n) is 6.77. The Bertz CT molecular complexity index is 652. The molecule has 0 bridgehead atoms. The molecule has 2 heterocycles. The van der Waals surface area contributed by atoms with Crippen molar-refractivity contribution >= 4 is 11.9 Å². The van der Waals surface area contributed by atoms with Gasteiger partial charge in [0, 0.05) is 13.0 Å². The summed E-state index contributed by atoms with van der Waals surface area (Å²) in [4.78, 5) is 24.2. The number of halogens is 3. The third kappa shape index (κ3) is 3.77. The summed E-state index contributed by atoms with van der Waals surface area (Å²) in [5, 5.41) is 9.89. The van der Waals surface area contributed by atoms with Gasteiger partial charge in [-0.2, -0.15) is 13.2 Å². The smallest absolute Gasteiger partial charge is 0.318 e. The van der Waals surface area contributed by atoms with Gasteiger partial charge in [0.2, 0.25) is 5.91 Å². The van der Waals surface area contributed by atoms with E-state index in [1.807, 2.05) is 0 Å². The molecule has 0 atom stereocenters. The van der Waals surface area contributed by atoms with Crippen LogP contribution in [0.5, 0.6) is 0 Å². The molecular weight excluding hydrogens is 339 g/mol. The van der Waals surface area contributed by atoms with Crippen LogP contribution in [0.2, 0.25) is 0 Å². The molecule has 0 radical (unpaired) electrons. The van der Waals surface area contributed by atoms with Crippen molar-refractivity contribution in [1.29, 1.82) is 0 Å². The van der Waals surface area contributed by atoms with Crippen LogP contribution in [-0.4, -0.2) is 44.6 Å². The van der Waals surface area contributed by atoms with E-state index < -0.39 is 17.6 Å². The van der Waals surface area contributed by atoms with Gasteiger partial charge in [-0.1, -0.05) is 24.5 Å². The molecule has 0 spiro atoms. The van der Waals surface area contributed by atoms with Gasteiger partial charge in [0.05, 0.1) is 24.7 Å². The van der Waals surface area contributed by atoms with E-state index in [2.05, 4.69) is 15.6 Å². The Morgan fingerprint density at radius 1 is 1.20 bits per heavy atom. The van der Waals surface area contributed by atoms with Gasteiger partial charge in [-0.15, -0.1) is 5.10 Å². The minimum absolute atomic E-state index is 0.0995. The molecular formula is C15H20F3N5O2. The molecule has 0 aromatic carbocycles. The summed E-state index contributed by atoms with van der Waals surface area (Å²) < 4.78 is 42.0. The molecule has 1 aliphatic heterocycles. The Labute approximate surface area is 142 Å². The topological polar surface area (TPSA) is 80.1 Å². The van der Waals surface area contributed by atoms with Gasteiger partial charge in [0.15, 0.2) is 0 Å². The Balaban J connectivity index is 1.68. The first-order valence-electron chi connectivity index (χ1n) is 8.34. The fourth-order valence-electron chi connectivity index (χ4n) is 3.50. The number of amides is 3. The van der Waals surface area contributed by atoms with Crippen molar-refractivity contribution in [2.45, 2.75) is 57.8 Å². The molecule has 2 aliphatic rings. The molecule has 2 fully saturated rings. The molecule has 0 unspecified atom stereocenters. The second-order valence-corrected chi connectivity index (χ2v) is 6.77. The van der Waals surface area contributed by atoms with Crippen LogP contribution in [0, 0.1) is 5.41 Å². The summed E-state index contributed by atoms with van der Waals surface area (Å²) in [5.74, 6) is -0.339. The van der Waals surface area contributed by atoms with Crippen molar-refractivity contribution in [3.63, 3.8) is 0 Å². The lowest BCUT2D eigenvalue weighted by Gasteiger charge is -2.38. The number of carbonyl (C=O) groups excluding carboxylic acids is 2. The summed E-state index contributed by atoms with van der Waals surface area (Å²) in [6.07, 6.45) is -0.504. The Hall–Kier alpha value is -2.13. The lowest BCUT2D eigenvalue weighted by molar-refractivity contribution is -0.240. The maximum atomic E-state index is 13.6. The molecule has 1 aromatic heterocycles. The molecule has 138 valence electrons. The number of rotatable bonds is 4. The standard InChI is InChI=1S/C15H20F3N5O2/c16-15(17,18)14(5-2-1-3-6-14)10-23-9-11(20-21-23)8-22-7-4-12(24)19-13(22)25/h9H,1-8,10H2,(H,19,24,25). The Morgan fingerprint density at radius 2 is 1.92 bits per heavy atom. The predicted octanol–water partition coefficient (Wildman–Crippen LogP) is 2.23. The molecule has 1 aromatic rings. The van der Waals surface area contributed by atoms with Crippen LogP contribution in [-0.2, 0) is 17.9 Å². The van der Waals surface area contributed by atoms with Crippen LogP contribution < -0.4 is 5.32 Å². The number of aromatic nitrogens is 3. The third-order valence-corrected chi connectivity index (χ3v) is 4.96. The number of hydrogen-bond acceptors (Lipinski definition) is 4. The van der Waals surface area contributed by atoms with Gasteiger partial charge >= 0.3 is 12.2 Å². The van der Waals surface area contributed by atoms with E-state index in [0.717, 1.165) is 6.42 Å². The van der Waals surface area contributed by atoms with Crippen LogP contribution in [0.1, 0.15) is 44.2 Å². The van der Waals surface area contributed by atoms with Crippen LogP contribution in [0.25, 0.3) is 0 Å². The van der Waals surface area contributed by atoms with E-state index in [1.165, 1.54) is 15.8 Å². The quantitative estimate of drug-likeness (QED) is 0.894. The minimum Gasteiger partial charge on any atom is -0.318 e. The first-order chi connectivity index (χ1) is 11.8. The van der Waals surface area contributed by atoms with Crippen molar-refractivity contribution in [3.05, 3.63) is 11.9 Å². The van der Waals surface area contributed by atoms with E-state index in [1.54, 1.807) is 0 Å². The highest BCUT2D eigenvalue weighted by atomic mass is 19.4. The van der Waals surface area contributed by atoms with Crippen LogP contribution in [0.15, 0.2) is 6.20 Å². The zero-order valence-corrected chi connectivity index (χ0v) is 13.7. The van der Waals surface area contributed by atoms with Crippen molar-refractivity contribution in [2.24, 2.45) is 5.41 Å². The third-order valence-electron chi connectivity index (χ3n) is 4.96. The van der Waals surface area contributed by atoms with Gasteiger partial charge in [0.25, 0.3) is 0 Å². The fourth-order valence-corrected chi connectivity index (χ4v) is 3.50. The van der Waals surface area contributed by atoms with Crippen LogP contribution >= 0.6 is 0 Å². The molecule has 25 heavy (non-hydrogen) atoms. The van der Waals surface area contributed by atoms with E-state index >= 15 is 0 Å². The van der Waals surface area contributed by atoms with E-state index in [-0.39, 0.29) is 44.8 Å². The number of imide groups is 1. The monoisotopic (exact) mass is 359 g/mol. The van der Waals surface area contributed by atoms with Gasteiger partial charge in [0.1, 0.15) is 5.69 Å². The predicted molar refractivity (Wildman–Crippen MR) is 80.2 cm³/mol. The van der Waals surface area contributed by atoms with Gasteiger partial charge in [-0.25, -0.2) is 4.79 Å². The van der Waals surface area contributed by atoms with Gasteiger partial charge in [-0.3, -0.25) is 14.8 Å². The summed E-state index contributed by atoms with van der Waals surface area (Å²) >= 11 is 0. The minimum atomic E-state index is -4.29. The van der Waals surface area contributed by atoms with Crippen LogP contribution in [0.4, 0.5) is 18.0 Å². The summed E-state index contributed by atoms with van der Waals surface area (Å²) in [6.45, 7) is 0.107. The Kier molecular flexibility index (Phi) is 4.70. The Morgan fingerprint density at radius 3 is 2.56 bits per heavy atom. The number of alkyl halides is 3. The van der Waals surface area contributed by atoms with Gasteiger partial charge in [-0.05, 0) is 12.8 Å². The maximum absolute atomic E-state index is 13.6. The maximum Gasteiger partial charge on any atom is 0.396 e. The molecule has 1 aliphatic carbocycles. The molecule has 1 N–H and O–H groups in total. The average Bonchev–Trinajstić information content (AvgIpc) is 2.97. The highest BCUT2D eigenvalue weighted by molar-refractivity contribution is 5.96. The van der Waals surface area contributed by atoms with E-state index in [4.69, 9.17) is 0 Å². The first kappa shape index (κ1) is 17.7. The molecule has 7 nitrogen and oxygen atoms in total. The lowest BCUT2D eigenvalue weighted by atomic mass is 9.73. The number of hydrogen-bond donors (Lipinski definition) is 1. The molecule has 3 rings (SSSR count). The van der Waals surface area contributed by atoms with Crippen molar-refractivity contribution < 1.29 is 22.8 Å². The van der Waals surface area contributed by atoms with E-state index in [0.29, 0.717) is 18.5 Å². The molecule has 3 amide bonds. The lowest BCUT2D eigenvalue weighted by Crippen LogP contribution is -2.48. The normalized spacial score (nSPS) is 21.3. The second kappa shape index (κ2) is 6.64. The first-order valence-corrected chi connectivity index (χ1v) is 8.34. The zero-order valence-electron chi connectivity index (χ0n) is 13.7. The van der Waals surface area contributed by atoms with Crippen molar-refractivity contribution in [1.82, 2.24) is 25.2 Å². The van der Waals surface area contributed by atoms with Crippen molar-refractivity contribution in [3.8, 4) is 0 Å². The van der Waals surface area contributed by atoms with Crippen molar-refractivity contribution in [2.75, 3.05) is 6.54 Å². The van der Waals surface area contributed by atoms with E-state index in [9.17, 15) is 22.8 Å². The van der Waals surface area contributed by atoms with Crippen LogP contribution in [0.3, 0.4) is 0 Å². The summed E-state index contributed by atoms with van der Waals surface area (Å²) in [6, 6.07) is -0.523. The highest BCUT2D eigenvalue weighted by Gasteiger charge is 2.54. The zero-order chi connectivity index (χ0) is 18.1. The molecule has 1 saturated heterocycles. The highest BCUT2D eigenvalue weighted by Crippen LogP contribution is 2.49. The summed E-state index contributed by atoms with van der Waals surface area (Å²) in [7, 11) is 0. The van der Waals surface area contributed by atoms with Gasteiger partial charge < -0.3 is 4.90 Å². The molecule has 1 saturated carbocycles. The number of urea groups is 1. The number of nitrogens with one attached hydrogen (secondary N) is 1. The summed E-state index contributed by atoms with van der Waals surface area (Å²) in [5.41, 5.74) is -1.36. The number of carbonyl (C=O) groups is 2.